The van der Waals surface area contributed by atoms with Crippen molar-refractivity contribution in [1.82, 2.24) is 9.55 Å². The zero-order chi connectivity index (χ0) is 21.8. The Hall–Kier alpha value is -3.54. The van der Waals surface area contributed by atoms with Crippen LogP contribution in [0.1, 0.15) is 38.2 Å². The van der Waals surface area contributed by atoms with E-state index in [-0.39, 0.29) is 17.1 Å². The third-order valence-electron chi connectivity index (χ3n) is 6.09. The Morgan fingerprint density at radius 2 is 1.87 bits per heavy atom. The largest absolute Gasteiger partial charge is 0.497 e. The van der Waals surface area contributed by atoms with Gasteiger partial charge in [0.1, 0.15) is 17.8 Å². The Morgan fingerprint density at radius 3 is 2.61 bits per heavy atom. The highest BCUT2D eigenvalue weighted by atomic mass is 16.5. The monoisotopic (exact) mass is 415 g/mol. The van der Waals surface area contributed by atoms with Crippen molar-refractivity contribution in [3.63, 3.8) is 0 Å². The van der Waals surface area contributed by atoms with Gasteiger partial charge in [0.05, 0.1) is 29.8 Å². The van der Waals surface area contributed by atoms with Crippen LogP contribution >= 0.6 is 0 Å². The average molecular weight is 415 g/mol. The second-order valence-electron chi connectivity index (χ2n) is 8.94. The predicted molar refractivity (Wildman–Crippen MR) is 119 cm³/mol. The van der Waals surface area contributed by atoms with E-state index in [4.69, 9.17) is 15.2 Å². The van der Waals surface area contributed by atoms with Crippen molar-refractivity contribution in [3.05, 3.63) is 77.6 Å². The van der Waals surface area contributed by atoms with Crippen LogP contribution in [0.3, 0.4) is 0 Å². The quantitative estimate of drug-likeness (QED) is 0.677. The van der Waals surface area contributed by atoms with E-state index < -0.39 is 0 Å². The van der Waals surface area contributed by atoms with E-state index in [1.165, 1.54) is 0 Å². The first-order valence-corrected chi connectivity index (χ1v) is 10.4. The lowest BCUT2D eigenvalue weighted by atomic mass is 9.71. The Morgan fingerprint density at radius 1 is 1.13 bits per heavy atom. The number of hydrogen-bond acceptors (Lipinski definition) is 5. The number of ketones is 1. The average Bonchev–Trinajstić information content (AvgIpc) is 3.16. The highest BCUT2D eigenvalue weighted by Crippen LogP contribution is 2.49. The number of Topliss-reactive ketones (excluding diaryl/α,β-unsaturated/α-hetero) is 1. The van der Waals surface area contributed by atoms with Crippen molar-refractivity contribution in [3.8, 4) is 5.75 Å². The summed E-state index contributed by atoms with van der Waals surface area (Å²) in [6, 6.07) is 15.6. The van der Waals surface area contributed by atoms with Gasteiger partial charge in [-0.1, -0.05) is 38.1 Å². The van der Waals surface area contributed by atoms with Gasteiger partial charge in [-0.05, 0) is 35.2 Å². The van der Waals surface area contributed by atoms with E-state index in [1.54, 1.807) is 13.4 Å². The summed E-state index contributed by atoms with van der Waals surface area (Å²) >= 11 is 0. The van der Waals surface area contributed by atoms with Gasteiger partial charge in [-0.15, -0.1) is 0 Å². The molecule has 0 radical (unpaired) electrons. The van der Waals surface area contributed by atoms with Crippen molar-refractivity contribution in [2.24, 2.45) is 11.1 Å². The number of aromatic nitrogens is 2. The molecular formula is C25H25N3O3. The van der Waals surface area contributed by atoms with Gasteiger partial charge in [-0.3, -0.25) is 9.36 Å². The standard InChI is InChI=1S/C25H25N3O3/c1-25(2)12-19(29)22-20(13-25)31-24(26)23(21(22)15-8-10-16(30-3)11-9-15)28-14-27-17-6-4-5-7-18(17)28/h4-11,14,21H,12-13,26H2,1-3H3. The van der Waals surface area contributed by atoms with Gasteiger partial charge in [-0.2, -0.15) is 0 Å². The first-order chi connectivity index (χ1) is 14.9. The first kappa shape index (κ1) is 19.4. The highest BCUT2D eigenvalue weighted by Gasteiger charge is 2.43. The SMILES string of the molecule is COc1ccc(C2C3=C(CC(C)(C)CC3=O)OC(N)=C2n2cnc3ccccc32)cc1. The molecule has 3 aromatic rings. The third kappa shape index (κ3) is 3.19. The molecule has 0 saturated carbocycles. The van der Waals surface area contributed by atoms with Crippen LogP contribution in [0.5, 0.6) is 5.75 Å². The lowest BCUT2D eigenvalue weighted by Gasteiger charge is -2.38. The summed E-state index contributed by atoms with van der Waals surface area (Å²) < 4.78 is 13.4. The van der Waals surface area contributed by atoms with Gasteiger partial charge in [0.15, 0.2) is 5.78 Å². The second-order valence-corrected chi connectivity index (χ2v) is 8.94. The fourth-order valence-corrected chi connectivity index (χ4v) is 4.68. The van der Waals surface area contributed by atoms with Crippen LogP contribution in [-0.4, -0.2) is 22.4 Å². The van der Waals surface area contributed by atoms with Crippen LogP contribution in [0.2, 0.25) is 0 Å². The first-order valence-electron chi connectivity index (χ1n) is 10.4. The summed E-state index contributed by atoms with van der Waals surface area (Å²) in [4.78, 5) is 17.9. The maximum absolute atomic E-state index is 13.4. The molecule has 2 aromatic carbocycles. The van der Waals surface area contributed by atoms with E-state index in [9.17, 15) is 4.79 Å². The number of rotatable bonds is 3. The lowest BCUT2D eigenvalue weighted by Crippen LogP contribution is -2.34. The molecule has 0 fully saturated rings. The smallest absolute Gasteiger partial charge is 0.211 e. The number of benzene rings is 2. The van der Waals surface area contributed by atoms with Crippen LogP contribution in [0.25, 0.3) is 16.7 Å². The number of imidazole rings is 1. The minimum absolute atomic E-state index is 0.0986. The van der Waals surface area contributed by atoms with Gasteiger partial charge < -0.3 is 15.2 Å². The lowest BCUT2D eigenvalue weighted by molar-refractivity contribution is -0.118. The molecule has 2 aliphatic rings. The number of nitrogens with two attached hydrogens (primary N) is 1. The number of fused-ring (bicyclic) bond motifs is 1. The molecule has 1 aromatic heterocycles. The maximum atomic E-state index is 13.4. The maximum Gasteiger partial charge on any atom is 0.211 e. The molecule has 1 aliphatic heterocycles. The number of nitrogens with zero attached hydrogens (tertiary/aromatic N) is 2. The molecule has 158 valence electrons. The number of carbonyl (C=O) groups excluding carboxylic acids is 1. The van der Waals surface area contributed by atoms with E-state index in [2.05, 4.69) is 18.8 Å². The molecule has 0 amide bonds. The fraction of sp³-hybridized carbons (Fsp3) is 0.280. The van der Waals surface area contributed by atoms with Crippen LogP contribution in [-0.2, 0) is 9.53 Å². The molecule has 6 heteroatoms. The van der Waals surface area contributed by atoms with Gasteiger partial charge >= 0.3 is 0 Å². The summed E-state index contributed by atoms with van der Waals surface area (Å²) in [6.07, 6.45) is 2.88. The topological polar surface area (TPSA) is 79.4 Å². The number of para-hydroxylation sites is 2. The van der Waals surface area contributed by atoms with Gasteiger partial charge in [0, 0.05) is 18.4 Å². The summed E-state index contributed by atoms with van der Waals surface area (Å²) in [7, 11) is 1.64. The van der Waals surface area contributed by atoms with E-state index in [1.807, 2.05) is 53.1 Å². The molecule has 2 heterocycles. The number of carbonyl (C=O) groups is 1. The molecule has 1 atom stereocenters. The van der Waals surface area contributed by atoms with Crippen molar-refractivity contribution in [1.29, 1.82) is 0 Å². The Bertz CT molecular complexity index is 1250. The molecule has 31 heavy (non-hydrogen) atoms. The Balaban J connectivity index is 1.73. The predicted octanol–water partition coefficient (Wildman–Crippen LogP) is 4.59. The molecule has 1 unspecified atom stereocenters. The fourth-order valence-electron chi connectivity index (χ4n) is 4.68. The molecule has 0 spiro atoms. The summed E-state index contributed by atoms with van der Waals surface area (Å²) in [5.41, 5.74) is 10.5. The van der Waals surface area contributed by atoms with Crippen molar-refractivity contribution in [2.75, 3.05) is 7.11 Å². The zero-order valence-corrected chi connectivity index (χ0v) is 17.9. The number of allylic oxidation sites excluding steroid dienone is 3. The van der Waals surface area contributed by atoms with Crippen LogP contribution in [0, 0.1) is 5.41 Å². The van der Waals surface area contributed by atoms with Gasteiger partial charge in [0.2, 0.25) is 5.88 Å². The molecule has 5 rings (SSSR count). The summed E-state index contributed by atoms with van der Waals surface area (Å²) in [5, 5.41) is 0. The number of methoxy groups -OCH3 is 1. The molecule has 1 aliphatic carbocycles. The van der Waals surface area contributed by atoms with Crippen LogP contribution < -0.4 is 10.5 Å². The van der Waals surface area contributed by atoms with E-state index >= 15 is 0 Å². The second kappa shape index (κ2) is 7.01. The van der Waals surface area contributed by atoms with Crippen molar-refractivity contribution >= 4 is 22.5 Å². The number of hydrogen-bond donors (Lipinski definition) is 1. The van der Waals surface area contributed by atoms with E-state index in [0.29, 0.717) is 35.8 Å². The van der Waals surface area contributed by atoms with Gasteiger partial charge in [-0.25, -0.2) is 4.98 Å². The van der Waals surface area contributed by atoms with Crippen LogP contribution in [0.4, 0.5) is 0 Å². The molecular weight excluding hydrogens is 390 g/mol. The Kier molecular flexibility index (Phi) is 4.39. The Labute approximate surface area is 181 Å². The zero-order valence-electron chi connectivity index (χ0n) is 17.9. The van der Waals surface area contributed by atoms with E-state index in [0.717, 1.165) is 22.3 Å². The highest BCUT2D eigenvalue weighted by molar-refractivity contribution is 6.02. The molecule has 6 nitrogen and oxygen atoms in total. The minimum Gasteiger partial charge on any atom is -0.497 e. The summed E-state index contributed by atoms with van der Waals surface area (Å²) in [6.45, 7) is 4.17. The van der Waals surface area contributed by atoms with Crippen molar-refractivity contribution < 1.29 is 14.3 Å². The van der Waals surface area contributed by atoms with Crippen molar-refractivity contribution in [2.45, 2.75) is 32.6 Å². The van der Waals surface area contributed by atoms with Gasteiger partial charge in [0.25, 0.3) is 0 Å². The van der Waals surface area contributed by atoms with Crippen LogP contribution in [0.15, 0.2) is 72.1 Å². The number of ether oxygens (including phenoxy) is 2. The third-order valence-corrected chi connectivity index (χ3v) is 6.09. The molecule has 0 bridgehead atoms. The molecule has 0 saturated heterocycles. The minimum atomic E-state index is -0.351. The molecule has 2 N–H and O–H groups in total. The normalized spacial score (nSPS) is 20.6. The summed E-state index contributed by atoms with van der Waals surface area (Å²) in [5.74, 6) is 1.48.